The molecule has 1 aliphatic rings. The lowest BCUT2D eigenvalue weighted by molar-refractivity contribution is -0.134. The van der Waals surface area contributed by atoms with Crippen molar-refractivity contribution in [3.05, 3.63) is 58.6 Å². The van der Waals surface area contributed by atoms with E-state index in [0.29, 0.717) is 23.9 Å². The number of sulfonamides is 1. The highest BCUT2D eigenvalue weighted by molar-refractivity contribution is 7.89. The van der Waals surface area contributed by atoms with E-state index in [4.69, 9.17) is 16.3 Å². The van der Waals surface area contributed by atoms with E-state index < -0.39 is 10.0 Å². The van der Waals surface area contributed by atoms with Crippen LogP contribution in [0.2, 0.25) is 5.02 Å². The summed E-state index contributed by atoms with van der Waals surface area (Å²) in [5, 5.41) is 0.484. The van der Waals surface area contributed by atoms with E-state index in [9.17, 15) is 13.2 Å². The summed E-state index contributed by atoms with van der Waals surface area (Å²) in [6, 6.07) is 11.9. The fourth-order valence-corrected chi connectivity index (χ4v) is 4.67. The molecule has 0 aliphatic carbocycles. The van der Waals surface area contributed by atoms with Gasteiger partial charge in [0.05, 0.1) is 4.90 Å². The number of halogens is 1. The Labute approximate surface area is 170 Å². The first-order chi connectivity index (χ1) is 13.3. The summed E-state index contributed by atoms with van der Waals surface area (Å²) in [6.45, 7) is 5.05. The number of aryl methyl sites for hydroxylation is 2. The van der Waals surface area contributed by atoms with E-state index in [1.165, 1.54) is 16.4 Å². The van der Waals surface area contributed by atoms with Gasteiger partial charge in [0, 0.05) is 31.2 Å². The summed E-state index contributed by atoms with van der Waals surface area (Å²) in [5.41, 5.74) is 2.11. The van der Waals surface area contributed by atoms with Gasteiger partial charge in [0.25, 0.3) is 5.91 Å². The molecule has 0 atom stereocenters. The zero-order chi connectivity index (χ0) is 20.3. The van der Waals surface area contributed by atoms with Gasteiger partial charge in [-0.15, -0.1) is 0 Å². The molecule has 1 aliphatic heterocycles. The van der Waals surface area contributed by atoms with E-state index in [1.807, 2.05) is 32.0 Å². The summed E-state index contributed by atoms with van der Waals surface area (Å²) in [4.78, 5) is 14.3. The van der Waals surface area contributed by atoms with Crippen molar-refractivity contribution in [2.45, 2.75) is 18.7 Å². The summed E-state index contributed by atoms with van der Waals surface area (Å²) >= 11 is 5.83. The second-order valence-corrected chi connectivity index (χ2v) is 9.17. The molecule has 6 nitrogen and oxygen atoms in total. The Bertz CT molecular complexity index is 953. The first-order valence-corrected chi connectivity index (χ1v) is 10.8. The molecule has 0 saturated carbocycles. The third kappa shape index (κ3) is 4.66. The van der Waals surface area contributed by atoms with Gasteiger partial charge in [-0.2, -0.15) is 4.31 Å². The lowest BCUT2D eigenvalue weighted by Gasteiger charge is -2.34. The van der Waals surface area contributed by atoms with Gasteiger partial charge >= 0.3 is 0 Å². The quantitative estimate of drug-likeness (QED) is 0.743. The fourth-order valence-electron chi connectivity index (χ4n) is 3.13. The highest BCUT2D eigenvalue weighted by atomic mass is 35.5. The molecular weight excluding hydrogens is 400 g/mol. The van der Waals surface area contributed by atoms with Crippen molar-refractivity contribution < 1.29 is 17.9 Å². The maximum Gasteiger partial charge on any atom is 0.260 e. The van der Waals surface area contributed by atoms with Crippen LogP contribution in [-0.2, 0) is 14.8 Å². The van der Waals surface area contributed by atoms with Crippen LogP contribution in [0, 0.1) is 13.8 Å². The molecule has 0 bridgehead atoms. The number of hydrogen-bond donors (Lipinski definition) is 0. The molecule has 8 heteroatoms. The van der Waals surface area contributed by atoms with Crippen molar-refractivity contribution in [2.75, 3.05) is 32.8 Å². The Morgan fingerprint density at radius 2 is 1.68 bits per heavy atom. The Kier molecular flexibility index (Phi) is 6.27. The van der Waals surface area contributed by atoms with Crippen LogP contribution in [0.15, 0.2) is 47.4 Å². The number of ether oxygens (including phenoxy) is 1. The predicted octanol–water partition coefficient (Wildman–Crippen LogP) is 2.87. The van der Waals surface area contributed by atoms with Crippen LogP contribution in [0.3, 0.4) is 0 Å². The van der Waals surface area contributed by atoms with Gasteiger partial charge in [0.2, 0.25) is 10.0 Å². The summed E-state index contributed by atoms with van der Waals surface area (Å²) in [7, 11) is -3.59. The van der Waals surface area contributed by atoms with Gasteiger partial charge in [-0.3, -0.25) is 4.79 Å². The van der Waals surface area contributed by atoms with Crippen molar-refractivity contribution in [1.29, 1.82) is 0 Å². The normalized spacial score (nSPS) is 15.5. The summed E-state index contributed by atoms with van der Waals surface area (Å²) in [5.74, 6) is 0.534. The molecule has 1 fully saturated rings. The Hall–Kier alpha value is -2.09. The maximum absolute atomic E-state index is 12.7. The molecule has 3 rings (SSSR count). The second-order valence-electron chi connectivity index (χ2n) is 6.80. The van der Waals surface area contributed by atoms with Crippen molar-refractivity contribution in [1.82, 2.24) is 9.21 Å². The number of rotatable bonds is 5. The van der Waals surface area contributed by atoms with E-state index in [-0.39, 0.29) is 30.5 Å². The van der Waals surface area contributed by atoms with Crippen molar-refractivity contribution >= 4 is 27.5 Å². The Balaban J connectivity index is 1.55. The van der Waals surface area contributed by atoms with Gasteiger partial charge in [-0.25, -0.2) is 8.42 Å². The SMILES string of the molecule is Cc1ccc(OCC(=O)N2CCN(S(=O)(=O)c3ccc(Cl)cc3)CC2)c(C)c1. The van der Waals surface area contributed by atoms with Crippen LogP contribution < -0.4 is 4.74 Å². The number of hydrogen-bond acceptors (Lipinski definition) is 4. The zero-order valence-corrected chi connectivity index (χ0v) is 17.5. The van der Waals surface area contributed by atoms with Crippen LogP contribution in [0.4, 0.5) is 0 Å². The van der Waals surface area contributed by atoms with Crippen LogP contribution >= 0.6 is 11.6 Å². The molecule has 150 valence electrons. The molecule has 0 spiro atoms. The highest BCUT2D eigenvalue weighted by Gasteiger charge is 2.30. The first-order valence-electron chi connectivity index (χ1n) is 9.01. The van der Waals surface area contributed by atoms with Gasteiger partial charge in [0.1, 0.15) is 5.75 Å². The number of nitrogens with zero attached hydrogens (tertiary/aromatic N) is 2. The average Bonchev–Trinajstić information content (AvgIpc) is 2.67. The standard InChI is InChI=1S/C20H23ClN2O4S/c1-15-3-8-19(16(2)13-15)27-14-20(24)22-9-11-23(12-10-22)28(25,26)18-6-4-17(21)5-7-18/h3-8,13H,9-12,14H2,1-2H3. The number of benzene rings is 2. The highest BCUT2D eigenvalue weighted by Crippen LogP contribution is 2.21. The molecular formula is C20H23ClN2O4S. The molecule has 0 aromatic heterocycles. The minimum Gasteiger partial charge on any atom is -0.484 e. The van der Waals surface area contributed by atoms with Crippen molar-refractivity contribution in [2.24, 2.45) is 0 Å². The first kappa shape index (κ1) is 20.6. The molecule has 1 saturated heterocycles. The Morgan fingerprint density at radius 1 is 1.04 bits per heavy atom. The van der Waals surface area contributed by atoms with Crippen LogP contribution in [0.1, 0.15) is 11.1 Å². The topological polar surface area (TPSA) is 66.9 Å². The van der Waals surface area contributed by atoms with E-state index in [0.717, 1.165) is 11.1 Å². The van der Waals surface area contributed by atoms with E-state index >= 15 is 0 Å². The number of carbonyl (C=O) groups is 1. The Morgan fingerprint density at radius 3 is 2.29 bits per heavy atom. The third-order valence-corrected chi connectivity index (χ3v) is 6.89. The largest absolute Gasteiger partial charge is 0.484 e. The van der Waals surface area contributed by atoms with Gasteiger partial charge in [-0.1, -0.05) is 29.3 Å². The number of carbonyl (C=O) groups excluding carboxylic acids is 1. The van der Waals surface area contributed by atoms with Gasteiger partial charge < -0.3 is 9.64 Å². The smallest absolute Gasteiger partial charge is 0.260 e. The second kappa shape index (κ2) is 8.51. The fraction of sp³-hybridized carbons (Fsp3) is 0.350. The van der Waals surface area contributed by atoms with Gasteiger partial charge in [-0.05, 0) is 49.7 Å². The lowest BCUT2D eigenvalue weighted by Crippen LogP contribution is -2.51. The monoisotopic (exact) mass is 422 g/mol. The number of amides is 1. The average molecular weight is 423 g/mol. The minimum atomic E-state index is -3.59. The van der Waals surface area contributed by atoms with Crippen LogP contribution in [0.5, 0.6) is 5.75 Å². The molecule has 1 amide bonds. The van der Waals surface area contributed by atoms with E-state index in [2.05, 4.69) is 0 Å². The molecule has 0 N–H and O–H groups in total. The molecule has 2 aromatic rings. The van der Waals surface area contributed by atoms with Crippen LogP contribution in [0.25, 0.3) is 0 Å². The van der Waals surface area contributed by atoms with Crippen LogP contribution in [-0.4, -0.2) is 56.3 Å². The lowest BCUT2D eigenvalue weighted by atomic mass is 10.1. The van der Waals surface area contributed by atoms with E-state index in [1.54, 1.807) is 17.0 Å². The molecule has 0 unspecified atom stereocenters. The summed E-state index contributed by atoms with van der Waals surface area (Å²) < 4.78 is 32.5. The molecule has 0 radical (unpaired) electrons. The summed E-state index contributed by atoms with van der Waals surface area (Å²) in [6.07, 6.45) is 0. The van der Waals surface area contributed by atoms with Crippen molar-refractivity contribution in [3.63, 3.8) is 0 Å². The molecule has 28 heavy (non-hydrogen) atoms. The number of piperazine rings is 1. The predicted molar refractivity (Wildman–Crippen MR) is 108 cm³/mol. The maximum atomic E-state index is 12.7. The van der Waals surface area contributed by atoms with Crippen molar-refractivity contribution in [3.8, 4) is 5.75 Å². The zero-order valence-electron chi connectivity index (χ0n) is 15.9. The molecule has 1 heterocycles. The minimum absolute atomic E-state index is 0.0617. The molecule has 2 aromatic carbocycles. The third-order valence-electron chi connectivity index (χ3n) is 4.72. The van der Waals surface area contributed by atoms with Gasteiger partial charge in [0.15, 0.2) is 6.61 Å².